The Morgan fingerprint density at radius 3 is 1.19 bits per heavy atom. The van der Waals surface area contributed by atoms with Crippen molar-refractivity contribution in [2.24, 2.45) is 20.0 Å². The summed E-state index contributed by atoms with van der Waals surface area (Å²) < 4.78 is 0. The first-order valence-electron chi connectivity index (χ1n) is 22.5. The summed E-state index contributed by atoms with van der Waals surface area (Å²) in [6.07, 6.45) is 3.37. The molecule has 398 valence electrons. The van der Waals surface area contributed by atoms with Crippen LogP contribution in [0.5, 0.6) is 23.0 Å². The molecular weight excluding hydrogens is 1280 g/mol. The maximum atomic E-state index is 9.97. The van der Waals surface area contributed by atoms with E-state index in [9.17, 15) is 20.4 Å². The van der Waals surface area contributed by atoms with Gasteiger partial charge < -0.3 is 20.4 Å². The molecular formula is C57H54Cl8N4O4Ti4. The van der Waals surface area contributed by atoms with Gasteiger partial charge in [0.2, 0.25) is 0 Å². The number of para-hydroxylation sites is 6. The van der Waals surface area contributed by atoms with E-state index in [4.69, 9.17) is 74.4 Å². The van der Waals surface area contributed by atoms with Crippen molar-refractivity contribution in [3.05, 3.63) is 239 Å². The van der Waals surface area contributed by atoms with Crippen molar-refractivity contribution >= 4 is 121 Å². The Hall–Kier alpha value is -3.18. The molecule has 0 fully saturated rings. The Morgan fingerprint density at radius 2 is 0.740 bits per heavy atom. The summed E-state index contributed by atoms with van der Waals surface area (Å²) in [5, 5.41) is 38.9. The molecule has 0 aliphatic carbocycles. The van der Waals surface area contributed by atoms with Gasteiger partial charge in [0.1, 0.15) is 23.0 Å². The number of aromatic hydroxyl groups is 4. The van der Waals surface area contributed by atoms with E-state index in [1.54, 1.807) is 36.7 Å². The van der Waals surface area contributed by atoms with Crippen LogP contribution >= 0.6 is 74.4 Å². The predicted octanol–water partition coefficient (Wildman–Crippen LogP) is 19.8. The van der Waals surface area contributed by atoms with Crippen LogP contribution in [-0.4, -0.2) is 44.3 Å². The van der Waals surface area contributed by atoms with Gasteiger partial charge in [-0.2, -0.15) is 0 Å². The molecule has 0 spiro atoms. The summed E-state index contributed by atoms with van der Waals surface area (Å²) in [4.78, 5) is 17.5. The van der Waals surface area contributed by atoms with Gasteiger partial charge in [-0.05, 0) is 131 Å². The van der Waals surface area contributed by atoms with Crippen LogP contribution in [0.1, 0.15) is 52.8 Å². The van der Waals surface area contributed by atoms with Gasteiger partial charge in [0.05, 0.1) is 22.7 Å². The summed E-state index contributed by atoms with van der Waals surface area (Å²) in [5.74, 6) is 1.09. The number of nitrogens with zero attached hydrogens (tertiary/aromatic N) is 4. The molecule has 0 saturated heterocycles. The van der Waals surface area contributed by atoms with Crippen molar-refractivity contribution in [2.45, 2.75) is 34.6 Å². The summed E-state index contributed by atoms with van der Waals surface area (Å²) in [5.41, 5.74) is 11.2. The van der Waals surface area contributed by atoms with Crippen LogP contribution in [0.3, 0.4) is 0 Å². The van der Waals surface area contributed by atoms with Crippen molar-refractivity contribution in [2.75, 3.05) is 0 Å². The Bertz CT molecular complexity index is 2950. The zero-order valence-corrected chi connectivity index (χ0v) is 54.6. The van der Waals surface area contributed by atoms with Crippen LogP contribution in [0.15, 0.2) is 220 Å². The van der Waals surface area contributed by atoms with Crippen LogP contribution in [0, 0.1) is 20.8 Å². The van der Waals surface area contributed by atoms with E-state index in [1.165, 1.54) is 0 Å². The molecule has 8 rings (SSSR count). The fraction of sp³-hybridized carbons (Fsp3) is 0.0877. The number of phenolic OH excluding ortho intramolecular Hbond substituents is 4. The molecule has 0 aliphatic heterocycles. The minimum atomic E-state index is -0.556. The average molecular weight is 1330 g/mol. The monoisotopic (exact) mass is 1330 g/mol. The molecule has 4 N–H and O–H groups in total. The number of aryl methyl sites for hydroxylation is 3. The topological polar surface area (TPSA) is 130 Å². The predicted molar refractivity (Wildman–Crippen MR) is 317 cm³/mol. The van der Waals surface area contributed by atoms with E-state index in [0.717, 1.165) is 73.1 Å². The van der Waals surface area contributed by atoms with E-state index in [1.807, 2.05) is 211 Å². The Balaban J connectivity index is 0.000000479. The van der Waals surface area contributed by atoms with E-state index in [2.05, 4.69) is 20.0 Å². The van der Waals surface area contributed by atoms with Gasteiger partial charge in [-0.15, -0.1) is 0 Å². The molecule has 8 aromatic carbocycles. The number of hydrogen-bond donors (Lipinski definition) is 4. The molecule has 8 nitrogen and oxygen atoms in total. The second kappa shape index (κ2) is 45.5. The normalized spacial score (nSPS) is 10.1. The van der Waals surface area contributed by atoms with Crippen LogP contribution in [-0.2, 0) is 68.1 Å². The third-order valence-electron chi connectivity index (χ3n) is 9.72. The third-order valence-corrected chi connectivity index (χ3v) is 9.72. The SMILES string of the molecule is CC(=Nc1ccccc1)c1cccc(C)c1O.CC(=Nc1ccccc1)c1ccccc1O.Cc1ccc(O)c(C=Nc2ccccc2)c1.Cc1cccc(O)c1C=Nc1ccccc1.[Cl][Ti][Cl].[Cl][Ti][Cl].[Cl][Ti][Cl].[Cl][Ti][Cl]. The van der Waals surface area contributed by atoms with Crippen molar-refractivity contribution in [3.8, 4) is 23.0 Å². The number of phenols is 4. The first kappa shape index (κ1) is 71.8. The Morgan fingerprint density at radius 1 is 0.377 bits per heavy atom. The summed E-state index contributed by atoms with van der Waals surface area (Å²) in [7, 11) is 39.1. The number of hydrogen-bond acceptors (Lipinski definition) is 8. The average Bonchev–Trinajstić information content (AvgIpc) is 3.42. The molecule has 0 heterocycles. The van der Waals surface area contributed by atoms with Crippen molar-refractivity contribution in [1.29, 1.82) is 0 Å². The number of benzene rings is 8. The van der Waals surface area contributed by atoms with Crippen LogP contribution in [0.2, 0.25) is 0 Å². The molecule has 0 radical (unpaired) electrons. The van der Waals surface area contributed by atoms with E-state index in [-0.39, 0.29) is 17.2 Å². The van der Waals surface area contributed by atoms with Gasteiger partial charge >= 0.3 is 143 Å². The molecule has 8 aromatic rings. The standard InChI is InChI=1S/C15H15NO.3C14H13NO.8ClH.4Ti/c1-11-7-6-10-14(15(11)17)12(2)16-13-8-4-3-5-9-13;1-11-6-5-9-14(16)13(11)10-15-12-7-3-2-4-8-12;1-11(13-9-5-6-10-14(13)16)15-12-7-3-2-4-8-12;1-11-7-8-14(16)12(9-11)10-15-13-5-3-2-4-6-13;;;;;;;;;;;;/h3-10,17H,1-2H3;3*2-10,16H,1H3;8*1H;;;;/q;;;;;;;;;;;;4*+2/p-8. The van der Waals surface area contributed by atoms with Gasteiger partial charge in [0.25, 0.3) is 0 Å². The summed E-state index contributed by atoms with van der Waals surface area (Å²) >= 11 is -2.22. The Kier molecular flexibility index (Phi) is 42.5. The fourth-order valence-corrected chi connectivity index (χ4v) is 6.17. The third kappa shape index (κ3) is 32.0. The number of halogens is 8. The van der Waals surface area contributed by atoms with Gasteiger partial charge in [0, 0.05) is 46.1 Å². The first-order chi connectivity index (χ1) is 37.1. The van der Waals surface area contributed by atoms with Crippen LogP contribution < -0.4 is 0 Å². The first-order valence-corrected chi connectivity index (χ1v) is 39.7. The second-order valence-corrected chi connectivity index (χ2v) is 25.4. The number of aliphatic imine (C=N–C) groups is 4. The zero-order valence-electron chi connectivity index (χ0n) is 42.3. The van der Waals surface area contributed by atoms with Gasteiger partial charge in [-0.25, -0.2) is 0 Å². The maximum absolute atomic E-state index is 9.97. The molecule has 77 heavy (non-hydrogen) atoms. The fourth-order valence-electron chi connectivity index (χ4n) is 6.17. The minimum absolute atomic E-state index is 0.255. The molecule has 0 saturated carbocycles. The molecule has 0 amide bonds. The summed E-state index contributed by atoms with van der Waals surface area (Å²) in [6, 6.07) is 62.6. The van der Waals surface area contributed by atoms with E-state index >= 15 is 0 Å². The molecule has 0 bridgehead atoms. The van der Waals surface area contributed by atoms with E-state index < -0.39 is 68.1 Å². The Labute approximate surface area is 520 Å². The summed E-state index contributed by atoms with van der Waals surface area (Å²) in [6.45, 7) is 9.61. The molecule has 0 aliphatic rings. The second-order valence-electron chi connectivity index (χ2n) is 15.1. The molecule has 0 unspecified atom stereocenters. The van der Waals surface area contributed by atoms with Crippen LogP contribution in [0.25, 0.3) is 0 Å². The van der Waals surface area contributed by atoms with Crippen molar-refractivity contribution < 1.29 is 88.6 Å². The number of rotatable bonds is 8. The van der Waals surface area contributed by atoms with Gasteiger partial charge in [-0.1, -0.05) is 121 Å². The van der Waals surface area contributed by atoms with E-state index in [0.29, 0.717) is 5.75 Å². The molecule has 20 heteroatoms. The van der Waals surface area contributed by atoms with Crippen LogP contribution in [0.4, 0.5) is 22.7 Å². The van der Waals surface area contributed by atoms with Gasteiger partial charge in [-0.3, -0.25) is 20.0 Å². The molecule has 0 atom stereocenters. The quantitative estimate of drug-likeness (QED) is 0.0892. The zero-order chi connectivity index (χ0) is 57.2. The van der Waals surface area contributed by atoms with Gasteiger partial charge in [0.15, 0.2) is 0 Å². The molecule has 0 aromatic heterocycles. The van der Waals surface area contributed by atoms with Crippen molar-refractivity contribution in [3.63, 3.8) is 0 Å². The van der Waals surface area contributed by atoms with Crippen molar-refractivity contribution in [1.82, 2.24) is 0 Å².